The highest BCUT2D eigenvalue weighted by atomic mass is 79.9. The van der Waals surface area contributed by atoms with E-state index in [1.54, 1.807) is 0 Å². The molecule has 0 spiro atoms. The number of halogens is 3. The van der Waals surface area contributed by atoms with Gasteiger partial charge in [0.25, 0.3) is 0 Å². The summed E-state index contributed by atoms with van der Waals surface area (Å²) in [6.45, 7) is 5.04. The van der Waals surface area contributed by atoms with Crippen LogP contribution in [0.2, 0.25) is 10.0 Å². The van der Waals surface area contributed by atoms with Crippen molar-refractivity contribution < 1.29 is 0 Å². The Labute approximate surface area is 131 Å². The predicted octanol–water partition coefficient (Wildman–Crippen LogP) is 5.69. The van der Waals surface area contributed by atoms with E-state index < -0.39 is 0 Å². The van der Waals surface area contributed by atoms with Crippen molar-refractivity contribution in [3.05, 3.63) is 32.2 Å². The van der Waals surface area contributed by atoms with Gasteiger partial charge in [0, 0.05) is 16.4 Å². The summed E-state index contributed by atoms with van der Waals surface area (Å²) in [6, 6.07) is 4.10. The van der Waals surface area contributed by atoms with Gasteiger partial charge in [-0.3, -0.25) is 0 Å². The third-order valence-electron chi connectivity index (χ3n) is 2.89. The van der Waals surface area contributed by atoms with E-state index in [1.807, 2.05) is 6.07 Å². The average Bonchev–Trinajstić information content (AvgIpc) is 2.38. The lowest BCUT2D eigenvalue weighted by molar-refractivity contribution is 0.916. The van der Waals surface area contributed by atoms with E-state index in [0.29, 0.717) is 10.0 Å². The number of nitrogens with one attached hydrogen (secondary N) is 1. The third kappa shape index (κ3) is 2.99. The third-order valence-corrected chi connectivity index (χ3v) is 4.60. The lowest BCUT2D eigenvalue weighted by atomic mass is 10.1. The van der Waals surface area contributed by atoms with E-state index in [-0.39, 0.29) is 0 Å². The smallest absolute Gasteiger partial charge is 0.129 e. The number of aryl methyl sites for hydroxylation is 1. The lowest BCUT2D eigenvalue weighted by Crippen LogP contribution is -2.04. The van der Waals surface area contributed by atoms with Crippen LogP contribution in [0.3, 0.4) is 0 Å². The largest absolute Gasteiger partial charge is 0.370 e. The number of hydrogen-bond acceptors (Lipinski definition) is 2. The van der Waals surface area contributed by atoms with E-state index in [9.17, 15) is 0 Å². The van der Waals surface area contributed by atoms with Crippen molar-refractivity contribution in [2.24, 2.45) is 0 Å². The SMILES string of the molecule is CCCc1cc2cc(Br)c(Cl)c(Cl)c2nc1NCC. The maximum Gasteiger partial charge on any atom is 0.129 e. The monoisotopic (exact) mass is 360 g/mol. The van der Waals surface area contributed by atoms with Crippen LogP contribution in [0.4, 0.5) is 5.82 Å². The minimum atomic E-state index is 0.494. The summed E-state index contributed by atoms with van der Waals surface area (Å²) in [5, 5.41) is 5.30. The highest BCUT2D eigenvalue weighted by Gasteiger charge is 2.13. The zero-order chi connectivity index (χ0) is 14.0. The predicted molar refractivity (Wildman–Crippen MR) is 87.6 cm³/mol. The van der Waals surface area contributed by atoms with Gasteiger partial charge >= 0.3 is 0 Å². The molecule has 0 aliphatic carbocycles. The molecule has 0 saturated heterocycles. The van der Waals surface area contributed by atoms with E-state index in [0.717, 1.165) is 40.6 Å². The highest BCUT2D eigenvalue weighted by molar-refractivity contribution is 9.10. The Morgan fingerprint density at radius 3 is 2.58 bits per heavy atom. The van der Waals surface area contributed by atoms with Gasteiger partial charge in [0.15, 0.2) is 0 Å². The minimum absolute atomic E-state index is 0.494. The molecule has 102 valence electrons. The van der Waals surface area contributed by atoms with Crippen molar-refractivity contribution in [3.63, 3.8) is 0 Å². The Balaban J connectivity index is 2.70. The highest BCUT2D eigenvalue weighted by Crippen LogP contribution is 2.37. The number of hydrogen-bond donors (Lipinski definition) is 1. The second-order valence-electron chi connectivity index (χ2n) is 4.33. The van der Waals surface area contributed by atoms with Gasteiger partial charge in [-0.1, -0.05) is 36.5 Å². The molecule has 0 saturated carbocycles. The van der Waals surface area contributed by atoms with Gasteiger partial charge in [-0.2, -0.15) is 0 Å². The van der Waals surface area contributed by atoms with Gasteiger partial charge in [0.05, 0.1) is 15.6 Å². The first-order valence-corrected chi connectivity index (χ1v) is 7.84. The first kappa shape index (κ1) is 14.9. The maximum absolute atomic E-state index is 6.28. The minimum Gasteiger partial charge on any atom is -0.370 e. The summed E-state index contributed by atoms with van der Waals surface area (Å²) in [5.74, 6) is 0.900. The topological polar surface area (TPSA) is 24.9 Å². The molecule has 0 unspecified atom stereocenters. The number of aromatic nitrogens is 1. The number of benzene rings is 1. The molecular weight excluding hydrogens is 347 g/mol. The molecule has 0 atom stereocenters. The second kappa shape index (κ2) is 6.29. The van der Waals surface area contributed by atoms with E-state index >= 15 is 0 Å². The number of rotatable bonds is 4. The van der Waals surface area contributed by atoms with E-state index in [4.69, 9.17) is 23.2 Å². The molecule has 0 aliphatic heterocycles. The summed E-state index contributed by atoms with van der Waals surface area (Å²) in [7, 11) is 0. The fraction of sp³-hybridized carbons (Fsp3) is 0.357. The van der Waals surface area contributed by atoms with Gasteiger partial charge < -0.3 is 5.32 Å². The van der Waals surface area contributed by atoms with Gasteiger partial charge in [-0.25, -0.2) is 4.98 Å². The van der Waals surface area contributed by atoms with Gasteiger partial charge in [-0.05, 0) is 47.0 Å². The number of pyridine rings is 1. The summed E-state index contributed by atoms with van der Waals surface area (Å²) in [5.41, 5.74) is 1.95. The summed E-state index contributed by atoms with van der Waals surface area (Å²) in [4.78, 5) is 4.64. The van der Waals surface area contributed by atoms with Crippen LogP contribution in [0.25, 0.3) is 10.9 Å². The Hall–Kier alpha value is -0.510. The van der Waals surface area contributed by atoms with Crippen molar-refractivity contribution >= 4 is 55.9 Å². The number of fused-ring (bicyclic) bond motifs is 1. The first-order chi connectivity index (χ1) is 9.08. The van der Waals surface area contributed by atoms with Crippen molar-refractivity contribution in [2.45, 2.75) is 26.7 Å². The molecule has 5 heteroatoms. The lowest BCUT2D eigenvalue weighted by Gasteiger charge is -2.13. The zero-order valence-electron chi connectivity index (χ0n) is 10.9. The van der Waals surface area contributed by atoms with Crippen LogP contribution >= 0.6 is 39.1 Å². The molecular formula is C14H15BrCl2N2. The Bertz CT molecular complexity index is 614. The summed E-state index contributed by atoms with van der Waals surface area (Å²) in [6.07, 6.45) is 2.07. The van der Waals surface area contributed by atoms with Crippen LogP contribution in [-0.4, -0.2) is 11.5 Å². The molecule has 1 aromatic carbocycles. The number of nitrogens with zero attached hydrogens (tertiary/aromatic N) is 1. The van der Waals surface area contributed by atoms with Gasteiger partial charge in [-0.15, -0.1) is 0 Å². The molecule has 19 heavy (non-hydrogen) atoms. The van der Waals surface area contributed by atoms with Crippen LogP contribution in [0.15, 0.2) is 16.6 Å². The summed E-state index contributed by atoms with van der Waals surface area (Å²) >= 11 is 15.8. The first-order valence-electron chi connectivity index (χ1n) is 6.29. The molecule has 1 heterocycles. The van der Waals surface area contributed by atoms with Crippen LogP contribution in [0.1, 0.15) is 25.8 Å². The molecule has 2 aromatic rings. The van der Waals surface area contributed by atoms with Crippen LogP contribution in [0.5, 0.6) is 0 Å². The molecule has 0 fully saturated rings. The molecule has 0 radical (unpaired) electrons. The fourth-order valence-electron chi connectivity index (χ4n) is 2.05. The zero-order valence-corrected chi connectivity index (χ0v) is 14.0. The maximum atomic E-state index is 6.28. The molecule has 2 rings (SSSR count). The summed E-state index contributed by atoms with van der Waals surface area (Å²) < 4.78 is 0.798. The van der Waals surface area contributed by atoms with E-state index in [2.05, 4.69) is 46.1 Å². The Morgan fingerprint density at radius 2 is 1.95 bits per heavy atom. The molecule has 1 aromatic heterocycles. The molecule has 0 bridgehead atoms. The quantitative estimate of drug-likeness (QED) is 0.707. The molecule has 0 amide bonds. The standard InChI is InChI=1S/C14H15BrCl2N2/c1-3-5-8-6-9-7-10(15)11(16)12(17)13(9)19-14(8)18-4-2/h6-7H,3-5H2,1-2H3,(H,18,19). The van der Waals surface area contributed by atoms with Crippen molar-refractivity contribution in [2.75, 3.05) is 11.9 Å². The van der Waals surface area contributed by atoms with Crippen molar-refractivity contribution in [1.82, 2.24) is 4.98 Å². The molecule has 1 N–H and O–H groups in total. The molecule has 0 aliphatic rings. The van der Waals surface area contributed by atoms with Crippen LogP contribution in [-0.2, 0) is 6.42 Å². The second-order valence-corrected chi connectivity index (χ2v) is 5.94. The van der Waals surface area contributed by atoms with E-state index in [1.165, 1.54) is 5.56 Å². The number of anilines is 1. The van der Waals surface area contributed by atoms with Crippen molar-refractivity contribution in [1.29, 1.82) is 0 Å². The van der Waals surface area contributed by atoms with Gasteiger partial charge in [0.1, 0.15) is 5.82 Å². The molecule has 2 nitrogen and oxygen atoms in total. The van der Waals surface area contributed by atoms with Gasteiger partial charge in [0.2, 0.25) is 0 Å². The van der Waals surface area contributed by atoms with Crippen LogP contribution < -0.4 is 5.32 Å². The van der Waals surface area contributed by atoms with Crippen LogP contribution in [0, 0.1) is 0 Å². The Morgan fingerprint density at radius 1 is 1.21 bits per heavy atom. The average molecular weight is 362 g/mol. The fourth-order valence-corrected chi connectivity index (χ4v) is 3.00. The normalized spacial score (nSPS) is 11.0. The Kier molecular flexibility index (Phi) is 4.93. The van der Waals surface area contributed by atoms with Crippen molar-refractivity contribution in [3.8, 4) is 0 Å².